The molecule has 0 aromatic carbocycles. The third-order valence-electron chi connectivity index (χ3n) is 2.31. The van der Waals surface area contributed by atoms with Gasteiger partial charge in [0.1, 0.15) is 11.2 Å². The monoisotopic (exact) mass is 316 g/mol. The number of nitrogens with one attached hydrogen (secondary N) is 1. The molecule has 0 saturated heterocycles. The van der Waals surface area contributed by atoms with Crippen LogP contribution in [0.25, 0.3) is 4.83 Å². The zero-order valence-electron chi connectivity index (χ0n) is 10.3. The maximum Gasteiger partial charge on any atom is 0.327 e. The standard InChI is InChI=1S/C10H12N4O4S2/c1-2-3-18-14(8-15)20(16,17)12-4-9-6-19-10-5-11-7-13(9)10/h2,5-8,12H,1,3-4H2. The normalized spacial score (nSPS) is 11.6. The van der Waals surface area contributed by atoms with E-state index in [9.17, 15) is 13.2 Å². The summed E-state index contributed by atoms with van der Waals surface area (Å²) in [5.41, 5.74) is 0.709. The molecule has 1 N–H and O–H groups in total. The number of hydroxylamine groups is 1. The second-order valence-corrected chi connectivity index (χ2v) is 6.09. The van der Waals surface area contributed by atoms with Gasteiger partial charge < -0.3 is 0 Å². The molecule has 0 aliphatic heterocycles. The molecule has 8 nitrogen and oxygen atoms in total. The molecule has 1 amide bonds. The molecule has 0 fully saturated rings. The second kappa shape index (κ2) is 6.13. The van der Waals surface area contributed by atoms with Crippen LogP contribution in [0, 0.1) is 0 Å². The summed E-state index contributed by atoms with van der Waals surface area (Å²) in [5, 5.41) is 1.80. The molecule has 2 aromatic rings. The van der Waals surface area contributed by atoms with E-state index in [4.69, 9.17) is 4.84 Å². The first-order valence-electron chi connectivity index (χ1n) is 5.45. The molecule has 2 aromatic heterocycles. The lowest BCUT2D eigenvalue weighted by molar-refractivity contribution is -0.141. The summed E-state index contributed by atoms with van der Waals surface area (Å²) in [6.45, 7) is 3.29. The zero-order valence-corrected chi connectivity index (χ0v) is 11.9. The van der Waals surface area contributed by atoms with Gasteiger partial charge in [0.2, 0.25) is 6.41 Å². The summed E-state index contributed by atoms with van der Waals surface area (Å²) in [7, 11) is -4.06. The highest BCUT2D eigenvalue weighted by molar-refractivity contribution is 7.87. The van der Waals surface area contributed by atoms with Crippen LogP contribution in [0.15, 0.2) is 30.6 Å². The Bertz CT molecular complexity index is 706. The third kappa shape index (κ3) is 3.04. The number of amides is 1. The van der Waals surface area contributed by atoms with E-state index in [0.717, 1.165) is 4.83 Å². The highest BCUT2D eigenvalue weighted by atomic mass is 32.2. The molecule has 0 aliphatic carbocycles. The number of rotatable bonds is 8. The lowest BCUT2D eigenvalue weighted by Gasteiger charge is -2.16. The van der Waals surface area contributed by atoms with E-state index < -0.39 is 10.2 Å². The number of thiazole rings is 1. The van der Waals surface area contributed by atoms with E-state index in [1.165, 1.54) is 17.4 Å². The summed E-state index contributed by atoms with van der Waals surface area (Å²) >= 11 is 1.44. The number of aromatic nitrogens is 2. The van der Waals surface area contributed by atoms with E-state index in [0.29, 0.717) is 5.69 Å². The summed E-state index contributed by atoms with van der Waals surface area (Å²) in [5.74, 6) is 0. The Kier molecular flexibility index (Phi) is 4.49. The van der Waals surface area contributed by atoms with Crippen molar-refractivity contribution in [3.63, 3.8) is 0 Å². The molecule has 2 rings (SSSR count). The molecule has 0 atom stereocenters. The van der Waals surface area contributed by atoms with Crippen LogP contribution in [-0.2, 0) is 26.4 Å². The average Bonchev–Trinajstić information content (AvgIpc) is 3.00. The van der Waals surface area contributed by atoms with Crippen molar-refractivity contribution in [3.05, 3.63) is 36.3 Å². The average molecular weight is 316 g/mol. The van der Waals surface area contributed by atoms with Crippen LogP contribution < -0.4 is 4.72 Å². The fourth-order valence-electron chi connectivity index (χ4n) is 1.41. The van der Waals surface area contributed by atoms with E-state index in [2.05, 4.69) is 16.3 Å². The van der Waals surface area contributed by atoms with Gasteiger partial charge in [-0.15, -0.1) is 17.9 Å². The number of hydrogen-bond acceptors (Lipinski definition) is 6. The number of nitrogens with zero attached hydrogens (tertiary/aromatic N) is 3. The van der Waals surface area contributed by atoms with E-state index in [-0.39, 0.29) is 24.0 Å². The minimum absolute atomic E-state index is 0.0144. The first-order valence-corrected chi connectivity index (χ1v) is 7.77. The van der Waals surface area contributed by atoms with Crippen molar-refractivity contribution in [1.82, 2.24) is 18.6 Å². The fourth-order valence-corrected chi connectivity index (χ4v) is 3.03. The zero-order chi connectivity index (χ0) is 14.6. The summed E-state index contributed by atoms with van der Waals surface area (Å²) < 4.78 is 27.9. The van der Waals surface area contributed by atoms with Crippen molar-refractivity contribution in [1.29, 1.82) is 0 Å². The van der Waals surface area contributed by atoms with Gasteiger partial charge >= 0.3 is 10.2 Å². The lowest BCUT2D eigenvalue weighted by atomic mass is 10.5. The molecule has 0 spiro atoms. The van der Waals surface area contributed by atoms with Gasteiger partial charge in [-0.05, 0) is 0 Å². The van der Waals surface area contributed by atoms with Crippen molar-refractivity contribution in [3.8, 4) is 0 Å². The molecule has 10 heteroatoms. The third-order valence-corrected chi connectivity index (χ3v) is 4.42. The minimum atomic E-state index is -4.06. The Balaban J connectivity index is 2.06. The first kappa shape index (κ1) is 14.7. The molecule has 0 aliphatic rings. The van der Waals surface area contributed by atoms with E-state index in [1.54, 1.807) is 22.3 Å². The van der Waals surface area contributed by atoms with Gasteiger partial charge in [-0.1, -0.05) is 10.5 Å². The quantitative estimate of drug-likeness (QED) is 0.430. The van der Waals surface area contributed by atoms with Crippen molar-refractivity contribution >= 4 is 32.8 Å². The molecule has 0 saturated carbocycles. The number of carbonyl (C=O) groups is 1. The Morgan fingerprint density at radius 3 is 3.10 bits per heavy atom. The number of imidazole rings is 1. The van der Waals surface area contributed by atoms with Crippen LogP contribution in [0.5, 0.6) is 0 Å². The Morgan fingerprint density at radius 2 is 2.40 bits per heavy atom. The number of fused-ring (bicyclic) bond motifs is 1. The molecule has 2 heterocycles. The molecule has 0 radical (unpaired) electrons. The molecular formula is C10H12N4O4S2. The minimum Gasteiger partial charge on any atom is -0.293 e. The maximum absolute atomic E-state index is 11.8. The van der Waals surface area contributed by atoms with Crippen LogP contribution in [0.4, 0.5) is 0 Å². The lowest BCUT2D eigenvalue weighted by Crippen LogP contribution is -2.39. The number of carbonyl (C=O) groups excluding carboxylic acids is 1. The van der Waals surface area contributed by atoms with Crippen LogP contribution in [0.1, 0.15) is 5.69 Å². The van der Waals surface area contributed by atoms with Crippen molar-refractivity contribution < 1.29 is 18.0 Å². The van der Waals surface area contributed by atoms with Crippen LogP contribution in [0.2, 0.25) is 0 Å². The molecule has 20 heavy (non-hydrogen) atoms. The Hall–Kier alpha value is -1.75. The molecule has 0 unspecified atom stereocenters. The fraction of sp³-hybridized carbons (Fsp3) is 0.200. The largest absolute Gasteiger partial charge is 0.327 e. The summed E-state index contributed by atoms with van der Waals surface area (Å²) in [4.78, 5) is 20.3. The topological polar surface area (TPSA) is 93.0 Å². The van der Waals surface area contributed by atoms with Crippen molar-refractivity contribution in [2.45, 2.75) is 6.54 Å². The van der Waals surface area contributed by atoms with Crippen molar-refractivity contribution in [2.75, 3.05) is 6.61 Å². The first-order chi connectivity index (χ1) is 9.58. The van der Waals surface area contributed by atoms with Gasteiger partial charge in [0.25, 0.3) is 0 Å². The predicted molar refractivity (Wildman–Crippen MR) is 72.9 cm³/mol. The Labute approximate surface area is 119 Å². The van der Waals surface area contributed by atoms with Crippen LogP contribution in [0.3, 0.4) is 0 Å². The molecule has 108 valence electrons. The maximum atomic E-state index is 11.8. The highest BCUT2D eigenvalue weighted by Crippen LogP contribution is 2.15. The van der Waals surface area contributed by atoms with Gasteiger partial charge in [-0.3, -0.25) is 14.0 Å². The van der Waals surface area contributed by atoms with Crippen LogP contribution in [-0.4, -0.2) is 35.3 Å². The van der Waals surface area contributed by atoms with Gasteiger partial charge in [0.05, 0.1) is 19.3 Å². The van der Waals surface area contributed by atoms with Gasteiger partial charge in [0.15, 0.2) is 0 Å². The SMILES string of the molecule is C=CCON(C=O)S(=O)(=O)NCc1csc2cncn12. The molecular weight excluding hydrogens is 304 g/mol. The summed E-state index contributed by atoms with van der Waals surface area (Å²) in [6, 6.07) is 0. The van der Waals surface area contributed by atoms with Gasteiger partial charge in [-0.2, -0.15) is 13.1 Å². The number of hydrogen-bond donors (Lipinski definition) is 1. The van der Waals surface area contributed by atoms with E-state index in [1.807, 2.05) is 0 Å². The van der Waals surface area contributed by atoms with Gasteiger partial charge in [0, 0.05) is 11.1 Å². The predicted octanol–water partition coefficient (Wildman–Crippen LogP) is 0.306. The molecule has 0 bridgehead atoms. The smallest absolute Gasteiger partial charge is 0.293 e. The van der Waals surface area contributed by atoms with E-state index >= 15 is 0 Å². The second-order valence-electron chi connectivity index (χ2n) is 3.60. The van der Waals surface area contributed by atoms with Crippen LogP contribution >= 0.6 is 11.3 Å². The Morgan fingerprint density at radius 1 is 1.60 bits per heavy atom. The highest BCUT2D eigenvalue weighted by Gasteiger charge is 2.21. The van der Waals surface area contributed by atoms with Gasteiger partial charge in [-0.25, -0.2) is 4.98 Å². The van der Waals surface area contributed by atoms with Crippen molar-refractivity contribution in [2.24, 2.45) is 0 Å². The summed E-state index contributed by atoms with van der Waals surface area (Å²) in [6.07, 6.45) is 4.67.